The number of aromatic nitrogens is 2. The van der Waals surface area contributed by atoms with E-state index in [0.717, 1.165) is 29.1 Å². The highest BCUT2D eigenvalue weighted by molar-refractivity contribution is 7.71. The normalized spacial score (nSPS) is 10.5. The summed E-state index contributed by atoms with van der Waals surface area (Å²) in [5.74, 6) is 0.617. The van der Waals surface area contributed by atoms with E-state index in [1.165, 1.54) is 12.1 Å². The number of rotatable bonds is 2. The van der Waals surface area contributed by atoms with Crippen molar-refractivity contribution in [1.29, 1.82) is 0 Å². The minimum absolute atomic E-state index is 0.227. The Labute approximate surface area is 105 Å². The number of aromatic amines is 1. The van der Waals surface area contributed by atoms with Crippen LogP contribution in [0.2, 0.25) is 0 Å². The summed E-state index contributed by atoms with van der Waals surface area (Å²) in [6, 6.07) is 6.52. The van der Waals surface area contributed by atoms with Crippen LogP contribution in [0.15, 0.2) is 24.3 Å². The Hall–Kier alpha value is -1.55. The van der Waals surface area contributed by atoms with Crippen LogP contribution < -0.4 is 0 Å². The third kappa shape index (κ3) is 2.58. The Kier molecular flexibility index (Phi) is 3.33. The standard InChI is InChI=1S/C13H13FN2S/c1-3-12-15-11(7-13(17)16-12)10-5-4-9(14)6-8(10)2/h4-7H,3H2,1-2H3,(H,15,16,17). The second-order valence-electron chi connectivity index (χ2n) is 3.89. The molecule has 0 aliphatic heterocycles. The summed E-state index contributed by atoms with van der Waals surface area (Å²) in [4.78, 5) is 7.42. The largest absolute Gasteiger partial charge is 0.343 e. The lowest BCUT2D eigenvalue weighted by Crippen LogP contribution is -1.96. The van der Waals surface area contributed by atoms with Gasteiger partial charge in [0.25, 0.3) is 0 Å². The van der Waals surface area contributed by atoms with Gasteiger partial charge in [-0.2, -0.15) is 0 Å². The number of hydrogen-bond acceptors (Lipinski definition) is 2. The maximum Gasteiger partial charge on any atom is 0.130 e. The number of benzene rings is 1. The molecule has 88 valence electrons. The molecule has 4 heteroatoms. The van der Waals surface area contributed by atoms with Crippen molar-refractivity contribution in [2.75, 3.05) is 0 Å². The van der Waals surface area contributed by atoms with Crippen molar-refractivity contribution in [3.63, 3.8) is 0 Å². The molecule has 0 saturated carbocycles. The van der Waals surface area contributed by atoms with E-state index in [1.807, 2.05) is 13.8 Å². The molecule has 0 radical (unpaired) electrons. The number of nitrogens with zero attached hydrogens (tertiary/aromatic N) is 1. The molecule has 0 saturated heterocycles. The molecule has 0 unspecified atom stereocenters. The molecule has 0 aliphatic carbocycles. The minimum atomic E-state index is -0.227. The van der Waals surface area contributed by atoms with Gasteiger partial charge in [-0.1, -0.05) is 19.1 Å². The van der Waals surface area contributed by atoms with Crippen molar-refractivity contribution in [2.45, 2.75) is 20.3 Å². The van der Waals surface area contributed by atoms with Crippen LogP contribution in [0, 0.1) is 17.4 Å². The third-order valence-electron chi connectivity index (χ3n) is 2.61. The van der Waals surface area contributed by atoms with E-state index in [1.54, 1.807) is 12.1 Å². The molecule has 1 heterocycles. The maximum absolute atomic E-state index is 13.0. The molecule has 1 aromatic heterocycles. The van der Waals surface area contributed by atoms with Gasteiger partial charge in [0.05, 0.1) is 0 Å². The molecular formula is C13H13FN2S. The van der Waals surface area contributed by atoms with Gasteiger partial charge in [-0.25, -0.2) is 9.37 Å². The zero-order valence-electron chi connectivity index (χ0n) is 9.75. The molecule has 0 fully saturated rings. The first-order valence-electron chi connectivity index (χ1n) is 5.47. The molecule has 2 nitrogen and oxygen atoms in total. The monoisotopic (exact) mass is 248 g/mol. The second kappa shape index (κ2) is 4.75. The summed E-state index contributed by atoms with van der Waals surface area (Å²) < 4.78 is 13.6. The first-order chi connectivity index (χ1) is 8.10. The van der Waals surface area contributed by atoms with E-state index in [0.29, 0.717) is 4.64 Å². The van der Waals surface area contributed by atoms with Crippen LogP contribution >= 0.6 is 12.2 Å². The van der Waals surface area contributed by atoms with Crippen LogP contribution in [-0.4, -0.2) is 9.97 Å². The van der Waals surface area contributed by atoms with Gasteiger partial charge >= 0.3 is 0 Å². The van der Waals surface area contributed by atoms with E-state index < -0.39 is 0 Å². The lowest BCUT2D eigenvalue weighted by atomic mass is 10.1. The van der Waals surface area contributed by atoms with Crippen molar-refractivity contribution in [2.24, 2.45) is 0 Å². The number of halogens is 1. The Morgan fingerprint density at radius 2 is 2.12 bits per heavy atom. The predicted octanol–water partition coefficient (Wildman–Crippen LogP) is 3.82. The molecule has 0 bridgehead atoms. The number of H-pyrrole nitrogens is 1. The zero-order valence-corrected chi connectivity index (χ0v) is 10.6. The topological polar surface area (TPSA) is 28.7 Å². The van der Waals surface area contributed by atoms with Crippen LogP contribution in [0.25, 0.3) is 11.3 Å². The van der Waals surface area contributed by atoms with E-state index in [4.69, 9.17) is 12.2 Å². The van der Waals surface area contributed by atoms with E-state index in [2.05, 4.69) is 9.97 Å². The molecule has 1 N–H and O–H groups in total. The predicted molar refractivity (Wildman–Crippen MR) is 68.9 cm³/mol. The summed E-state index contributed by atoms with van der Waals surface area (Å²) >= 11 is 5.12. The number of aryl methyl sites for hydroxylation is 2. The summed E-state index contributed by atoms with van der Waals surface area (Å²) in [5, 5.41) is 0. The van der Waals surface area contributed by atoms with Gasteiger partial charge in [0.15, 0.2) is 0 Å². The van der Waals surface area contributed by atoms with Crippen LogP contribution in [0.3, 0.4) is 0 Å². The van der Waals surface area contributed by atoms with Gasteiger partial charge in [0.2, 0.25) is 0 Å². The molecule has 0 spiro atoms. The zero-order chi connectivity index (χ0) is 12.4. The Morgan fingerprint density at radius 3 is 2.76 bits per heavy atom. The van der Waals surface area contributed by atoms with Crippen molar-refractivity contribution >= 4 is 12.2 Å². The van der Waals surface area contributed by atoms with Crippen molar-refractivity contribution in [3.8, 4) is 11.3 Å². The smallest absolute Gasteiger partial charge is 0.130 e. The highest BCUT2D eigenvalue weighted by atomic mass is 32.1. The summed E-state index contributed by atoms with van der Waals surface area (Å²) in [5.41, 5.74) is 2.72. The summed E-state index contributed by atoms with van der Waals surface area (Å²) in [6.07, 6.45) is 0.789. The van der Waals surface area contributed by atoms with Gasteiger partial charge < -0.3 is 4.98 Å². The van der Waals surface area contributed by atoms with Crippen LogP contribution in [0.1, 0.15) is 18.3 Å². The Balaban J connectivity index is 2.60. The Morgan fingerprint density at radius 1 is 1.35 bits per heavy atom. The first kappa shape index (κ1) is 11.9. The molecular weight excluding hydrogens is 235 g/mol. The van der Waals surface area contributed by atoms with E-state index >= 15 is 0 Å². The van der Waals surface area contributed by atoms with Crippen LogP contribution in [0.5, 0.6) is 0 Å². The lowest BCUT2D eigenvalue weighted by molar-refractivity contribution is 0.627. The van der Waals surface area contributed by atoms with Crippen molar-refractivity contribution in [1.82, 2.24) is 9.97 Å². The van der Waals surface area contributed by atoms with Gasteiger partial charge in [-0.15, -0.1) is 0 Å². The first-order valence-corrected chi connectivity index (χ1v) is 5.87. The third-order valence-corrected chi connectivity index (χ3v) is 2.81. The highest BCUT2D eigenvalue weighted by Crippen LogP contribution is 2.22. The molecule has 0 atom stereocenters. The fourth-order valence-corrected chi connectivity index (χ4v) is 1.98. The number of hydrogen-bond donors (Lipinski definition) is 1. The fourth-order valence-electron chi connectivity index (χ4n) is 1.75. The van der Waals surface area contributed by atoms with Crippen LogP contribution in [0.4, 0.5) is 4.39 Å². The molecule has 0 amide bonds. The average Bonchev–Trinajstić information content (AvgIpc) is 2.28. The summed E-state index contributed by atoms with van der Waals surface area (Å²) in [6.45, 7) is 3.89. The molecule has 2 aromatic rings. The number of nitrogens with one attached hydrogen (secondary N) is 1. The van der Waals surface area contributed by atoms with Gasteiger partial charge in [0.1, 0.15) is 16.3 Å². The van der Waals surface area contributed by atoms with Crippen LogP contribution in [-0.2, 0) is 6.42 Å². The lowest BCUT2D eigenvalue weighted by Gasteiger charge is -2.07. The quantitative estimate of drug-likeness (QED) is 0.818. The van der Waals surface area contributed by atoms with E-state index in [-0.39, 0.29) is 5.82 Å². The van der Waals surface area contributed by atoms with Gasteiger partial charge in [-0.05, 0) is 36.8 Å². The Bertz CT molecular complexity index is 605. The van der Waals surface area contributed by atoms with Crippen molar-refractivity contribution < 1.29 is 4.39 Å². The highest BCUT2D eigenvalue weighted by Gasteiger charge is 2.05. The van der Waals surface area contributed by atoms with Gasteiger partial charge in [0, 0.05) is 17.7 Å². The van der Waals surface area contributed by atoms with Gasteiger partial charge in [-0.3, -0.25) is 0 Å². The second-order valence-corrected chi connectivity index (χ2v) is 4.31. The molecule has 2 rings (SSSR count). The summed E-state index contributed by atoms with van der Waals surface area (Å²) in [7, 11) is 0. The average molecular weight is 248 g/mol. The SMILES string of the molecule is CCc1nc(=S)cc(-c2ccc(F)cc2C)[nH]1. The van der Waals surface area contributed by atoms with E-state index in [9.17, 15) is 4.39 Å². The maximum atomic E-state index is 13.0. The molecule has 0 aliphatic rings. The molecule has 17 heavy (non-hydrogen) atoms. The molecule has 1 aromatic carbocycles. The van der Waals surface area contributed by atoms with Crippen molar-refractivity contribution in [3.05, 3.63) is 46.1 Å². The fraction of sp³-hybridized carbons (Fsp3) is 0.231. The minimum Gasteiger partial charge on any atom is -0.343 e.